The van der Waals surface area contributed by atoms with Gasteiger partial charge < -0.3 is 4.98 Å². The normalized spacial score (nSPS) is 14.9. The smallest absolute Gasteiger partial charge is 0.358 e. The van der Waals surface area contributed by atoms with Crippen molar-refractivity contribution in [2.75, 3.05) is 0 Å². The van der Waals surface area contributed by atoms with Crippen LogP contribution in [-0.2, 0) is 6.18 Å². The highest BCUT2D eigenvalue weighted by Crippen LogP contribution is 2.39. The van der Waals surface area contributed by atoms with Crippen LogP contribution in [0.3, 0.4) is 0 Å². The van der Waals surface area contributed by atoms with Crippen molar-refractivity contribution in [2.24, 2.45) is 0 Å². The summed E-state index contributed by atoms with van der Waals surface area (Å²) in [5.74, 6) is -0.888. The Morgan fingerprint density at radius 3 is 2.29 bits per heavy atom. The van der Waals surface area contributed by atoms with Crippen molar-refractivity contribution in [1.29, 1.82) is 0 Å². The number of allylic oxidation sites excluding steroid dienone is 1. The molecule has 3 aromatic carbocycles. The first kappa shape index (κ1) is 19.2. The molecule has 31 heavy (non-hydrogen) atoms. The van der Waals surface area contributed by atoms with Crippen LogP contribution in [0.2, 0.25) is 0 Å². The molecular weight excluding hydrogens is 411 g/mol. The average Bonchev–Trinajstić information content (AvgIpc) is 3.35. The van der Waals surface area contributed by atoms with Gasteiger partial charge in [0.15, 0.2) is 12.0 Å². The van der Waals surface area contributed by atoms with Crippen LogP contribution in [0.15, 0.2) is 66.9 Å². The van der Waals surface area contributed by atoms with Gasteiger partial charge in [0.1, 0.15) is 5.82 Å². The van der Waals surface area contributed by atoms with E-state index < -0.39 is 23.4 Å². The number of aromatic amines is 1. The van der Waals surface area contributed by atoms with E-state index in [9.17, 15) is 22.0 Å². The lowest BCUT2D eigenvalue weighted by atomic mass is 9.89. The first-order chi connectivity index (χ1) is 14.8. The molecule has 0 atom stereocenters. The van der Waals surface area contributed by atoms with E-state index in [1.807, 2.05) is 0 Å². The summed E-state index contributed by atoms with van der Waals surface area (Å²) in [6.45, 7) is 0. The van der Waals surface area contributed by atoms with Gasteiger partial charge in [-0.25, -0.2) is 9.38 Å². The van der Waals surface area contributed by atoms with Crippen LogP contribution >= 0.6 is 0 Å². The molecule has 7 heteroatoms. The van der Waals surface area contributed by atoms with Crippen molar-refractivity contribution in [2.45, 2.75) is 6.18 Å². The number of fused-ring (bicyclic) bond motifs is 2. The molecule has 2 heterocycles. The number of hydrogen-bond donors (Lipinski definition) is 2. The largest absolute Gasteiger partial charge is 0.416 e. The molecule has 1 aliphatic rings. The lowest BCUT2D eigenvalue weighted by Gasteiger charge is -2.12. The fraction of sp³-hybridized carbons (Fsp3) is 0.0417. The first-order valence-electron chi connectivity index (χ1n) is 9.41. The Morgan fingerprint density at radius 2 is 1.55 bits per heavy atom. The summed E-state index contributed by atoms with van der Waals surface area (Å²) in [5.41, 5.74) is 2.61. The van der Waals surface area contributed by atoms with Crippen LogP contribution in [0.5, 0.6) is 0 Å². The molecule has 1 aliphatic heterocycles. The number of benzene rings is 3. The maximum absolute atomic E-state index is 14.3. The molecule has 154 valence electrons. The highest BCUT2D eigenvalue weighted by Gasteiger charge is 2.31. The van der Waals surface area contributed by atoms with Gasteiger partial charge in [-0.1, -0.05) is 30.3 Å². The van der Waals surface area contributed by atoms with Crippen LogP contribution in [0.4, 0.5) is 27.6 Å². The van der Waals surface area contributed by atoms with Gasteiger partial charge in [0.25, 0.3) is 0 Å². The summed E-state index contributed by atoms with van der Waals surface area (Å²) < 4.78 is 67.8. The molecule has 2 N–H and O–H groups in total. The number of halogens is 5. The summed E-state index contributed by atoms with van der Waals surface area (Å²) in [7, 11) is 0. The van der Waals surface area contributed by atoms with Crippen molar-refractivity contribution in [3.05, 3.63) is 101 Å². The van der Waals surface area contributed by atoms with Gasteiger partial charge in [0.05, 0.1) is 22.2 Å². The molecule has 0 saturated carbocycles. The molecule has 0 unspecified atom stereocenters. The second-order valence-electron chi connectivity index (χ2n) is 7.18. The van der Waals surface area contributed by atoms with Crippen LogP contribution in [-0.4, -0.2) is 11.2 Å². The van der Waals surface area contributed by atoms with Crippen molar-refractivity contribution in [3.8, 4) is 0 Å². The number of hydrogen-bond acceptors (Lipinski definition) is 0. The van der Waals surface area contributed by atoms with Gasteiger partial charge in [0, 0.05) is 22.7 Å². The lowest BCUT2D eigenvalue weighted by molar-refractivity contribution is -0.346. The fourth-order valence-corrected chi connectivity index (χ4v) is 3.93. The van der Waals surface area contributed by atoms with Gasteiger partial charge >= 0.3 is 6.18 Å². The molecular formula is C24H14F5N2+. The van der Waals surface area contributed by atoms with E-state index in [1.54, 1.807) is 36.7 Å². The Kier molecular flexibility index (Phi) is 4.28. The molecule has 0 radical (unpaired) electrons. The van der Waals surface area contributed by atoms with Gasteiger partial charge in [-0.2, -0.15) is 17.6 Å². The van der Waals surface area contributed by atoms with E-state index in [2.05, 4.69) is 9.98 Å². The van der Waals surface area contributed by atoms with Crippen molar-refractivity contribution >= 4 is 34.0 Å². The Hall–Kier alpha value is -3.74. The molecule has 1 aromatic heterocycles. The van der Waals surface area contributed by atoms with Gasteiger partial charge in [-0.05, 0) is 35.9 Å². The third-order valence-corrected chi connectivity index (χ3v) is 5.37. The Bertz CT molecular complexity index is 1380. The number of alkyl halides is 3. The van der Waals surface area contributed by atoms with Crippen molar-refractivity contribution < 1.29 is 26.9 Å². The minimum Gasteiger partial charge on any atom is -0.358 e. The fourth-order valence-electron chi connectivity index (χ4n) is 3.93. The second kappa shape index (κ2) is 6.91. The standard InChI is InChI=1S/C24H13F5N2/c25-19-5-1-3-15-17(11-30-22(15)19)21(13-7-9-14(10-8-13)24(27,28)29)18-12-31-23-16(18)4-2-6-20(23)26/h1-12,30H/p+1. The van der Waals surface area contributed by atoms with E-state index in [4.69, 9.17) is 0 Å². The molecule has 4 aromatic rings. The third kappa shape index (κ3) is 3.13. The van der Waals surface area contributed by atoms with E-state index in [-0.39, 0.29) is 11.2 Å². The zero-order valence-corrected chi connectivity index (χ0v) is 15.8. The summed E-state index contributed by atoms with van der Waals surface area (Å²) in [5, 5.41) is 0.570. The maximum atomic E-state index is 14.3. The number of H-pyrrole nitrogens is 1. The SMILES string of the molecule is Fc1cccc2c1[NH+]=CC2=C(c1ccc(C(F)(F)F)cc1)c1c[nH]c2c(F)cccc12. The molecule has 0 fully saturated rings. The molecule has 0 saturated heterocycles. The maximum Gasteiger partial charge on any atom is 0.416 e. The molecule has 0 amide bonds. The van der Waals surface area contributed by atoms with E-state index in [1.165, 1.54) is 24.3 Å². The first-order valence-corrected chi connectivity index (χ1v) is 9.41. The molecule has 0 aliphatic carbocycles. The van der Waals surface area contributed by atoms with Crippen molar-refractivity contribution in [3.63, 3.8) is 0 Å². The molecule has 0 spiro atoms. The van der Waals surface area contributed by atoms with Gasteiger partial charge in [-0.15, -0.1) is 0 Å². The highest BCUT2D eigenvalue weighted by atomic mass is 19.4. The summed E-state index contributed by atoms with van der Waals surface area (Å²) in [6.07, 6.45) is -1.25. The molecule has 2 nitrogen and oxygen atoms in total. The monoisotopic (exact) mass is 425 g/mol. The van der Waals surface area contributed by atoms with Crippen LogP contribution < -0.4 is 4.99 Å². The van der Waals surface area contributed by atoms with E-state index in [0.29, 0.717) is 33.2 Å². The number of para-hydroxylation sites is 2. The number of aromatic nitrogens is 1. The highest BCUT2D eigenvalue weighted by molar-refractivity contribution is 6.24. The third-order valence-electron chi connectivity index (χ3n) is 5.37. The Morgan fingerprint density at radius 1 is 0.839 bits per heavy atom. The quantitative estimate of drug-likeness (QED) is 0.413. The van der Waals surface area contributed by atoms with Crippen LogP contribution in [0.1, 0.15) is 22.3 Å². The average molecular weight is 425 g/mol. The number of nitrogens with one attached hydrogen (secondary N) is 2. The molecule has 5 rings (SSSR count). The van der Waals surface area contributed by atoms with Gasteiger partial charge in [-0.3, -0.25) is 0 Å². The zero-order valence-electron chi connectivity index (χ0n) is 15.8. The zero-order chi connectivity index (χ0) is 21.8. The summed E-state index contributed by atoms with van der Waals surface area (Å²) in [6, 6.07) is 14.0. The summed E-state index contributed by atoms with van der Waals surface area (Å²) >= 11 is 0. The van der Waals surface area contributed by atoms with Gasteiger partial charge in [0.2, 0.25) is 5.69 Å². The Balaban J connectivity index is 1.80. The Labute approximate surface area is 173 Å². The predicted molar refractivity (Wildman–Crippen MR) is 109 cm³/mol. The predicted octanol–water partition coefficient (Wildman–Crippen LogP) is 5.22. The number of rotatable bonds is 2. The minimum atomic E-state index is -4.47. The second-order valence-corrected chi connectivity index (χ2v) is 7.18. The summed E-state index contributed by atoms with van der Waals surface area (Å²) in [4.78, 5) is 5.81. The van der Waals surface area contributed by atoms with Crippen molar-refractivity contribution in [1.82, 2.24) is 4.98 Å². The minimum absolute atomic E-state index is 0.285. The lowest BCUT2D eigenvalue weighted by Crippen LogP contribution is -2.59. The van der Waals surface area contributed by atoms with E-state index >= 15 is 0 Å². The van der Waals surface area contributed by atoms with Crippen LogP contribution in [0, 0.1) is 11.6 Å². The topological polar surface area (TPSA) is 29.8 Å². The van der Waals surface area contributed by atoms with E-state index in [0.717, 1.165) is 12.1 Å². The van der Waals surface area contributed by atoms with Crippen LogP contribution in [0.25, 0.3) is 22.0 Å². The molecule has 0 bridgehead atoms.